The van der Waals surface area contributed by atoms with E-state index < -0.39 is 33.1 Å². The lowest BCUT2D eigenvalue weighted by molar-refractivity contribution is -0.139. The van der Waals surface area contributed by atoms with Crippen LogP contribution in [0.3, 0.4) is 0 Å². The number of carbonyl (C=O) groups is 2. The summed E-state index contributed by atoms with van der Waals surface area (Å²) in [5, 5.41) is -1.62. The van der Waals surface area contributed by atoms with Gasteiger partial charge in [-0.3, -0.25) is 19.0 Å². The first-order chi connectivity index (χ1) is 14.8. The summed E-state index contributed by atoms with van der Waals surface area (Å²) in [6.45, 7) is 4.16. The van der Waals surface area contributed by atoms with Gasteiger partial charge < -0.3 is 0 Å². The first-order valence-corrected chi connectivity index (χ1v) is 14.2. The van der Waals surface area contributed by atoms with Gasteiger partial charge in [0.15, 0.2) is 5.25 Å². The molecule has 2 unspecified atom stereocenters. The molecule has 0 aromatic rings. The Morgan fingerprint density at radius 1 is 0.677 bits per heavy atom. The highest BCUT2D eigenvalue weighted by Crippen LogP contribution is 2.28. The highest BCUT2D eigenvalue weighted by atomic mass is 32.2. The summed E-state index contributed by atoms with van der Waals surface area (Å²) >= 11 is 0. The van der Waals surface area contributed by atoms with Crippen molar-refractivity contribution in [3.63, 3.8) is 0 Å². The van der Waals surface area contributed by atoms with Crippen molar-refractivity contribution in [2.45, 2.75) is 128 Å². The van der Waals surface area contributed by atoms with Crippen LogP contribution >= 0.6 is 0 Å². The van der Waals surface area contributed by atoms with Crippen molar-refractivity contribution < 1.29 is 22.6 Å². The minimum absolute atomic E-state index is 0.227. The zero-order valence-electron chi connectivity index (χ0n) is 19.8. The van der Waals surface area contributed by atoms with Crippen molar-refractivity contribution in [1.29, 1.82) is 0 Å². The van der Waals surface area contributed by atoms with E-state index in [1.807, 2.05) is 0 Å². The molecule has 31 heavy (non-hydrogen) atoms. The predicted octanol–water partition coefficient (Wildman–Crippen LogP) is 5.90. The van der Waals surface area contributed by atoms with E-state index >= 15 is 0 Å². The quantitative estimate of drug-likeness (QED) is 0.147. The molecule has 1 aliphatic heterocycles. The van der Waals surface area contributed by atoms with E-state index in [-0.39, 0.29) is 13.0 Å². The van der Waals surface area contributed by atoms with E-state index in [9.17, 15) is 22.6 Å². The smallest absolute Gasteiger partial charge is 0.277 e. The van der Waals surface area contributed by atoms with Gasteiger partial charge in [-0.2, -0.15) is 8.42 Å². The van der Waals surface area contributed by atoms with E-state index in [0.717, 1.165) is 24.2 Å². The highest BCUT2D eigenvalue weighted by molar-refractivity contribution is 7.87. The number of unbranched alkanes of at least 4 members (excludes halogenated alkanes) is 15. The molecule has 0 bridgehead atoms. The maximum Gasteiger partial charge on any atom is 0.277 e. The summed E-state index contributed by atoms with van der Waals surface area (Å²) in [5.41, 5.74) is 0. The minimum atomic E-state index is -4.55. The van der Waals surface area contributed by atoms with Crippen molar-refractivity contribution >= 4 is 21.9 Å². The summed E-state index contributed by atoms with van der Waals surface area (Å²) in [6.07, 6.45) is 20.2. The first-order valence-electron chi connectivity index (χ1n) is 12.7. The topological polar surface area (TPSA) is 91.8 Å². The monoisotopic (exact) mass is 459 g/mol. The van der Waals surface area contributed by atoms with Gasteiger partial charge in [0, 0.05) is 6.54 Å². The minimum Gasteiger partial charge on any atom is -0.285 e. The Hall–Kier alpha value is -0.950. The molecular formula is C24H45NO5S. The lowest BCUT2D eigenvalue weighted by Gasteiger charge is -2.14. The Kier molecular flexibility index (Phi) is 14.3. The summed E-state index contributed by atoms with van der Waals surface area (Å²) in [4.78, 5) is 25.7. The molecule has 0 aromatic carbocycles. The molecule has 2 atom stereocenters. The van der Waals surface area contributed by atoms with E-state index in [1.165, 1.54) is 77.0 Å². The van der Waals surface area contributed by atoms with Crippen LogP contribution in [0.1, 0.15) is 123 Å². The van der Waals surface area contributed by atoms with Crippen LogP contribution in [0.15, 0.2) is 0 Å². The maximum atomic E-state index is 12.3. The van der Waals surface area contributed by atoms with Crippen LogP contribution in [0, 0.1) is 5.92 Å². The zero-order valence-corrected chi connectivity index (χ0v) is 20.6. The van der Waals surface area contributed by atoms with Gasteiger partial charge in [0.05, 0.1) is 5.92 Å². The number of hydrogen-bond acceptors (Lipinski definition) is 4. The fraction of sp³-hybridized carbons (Fsp3) is 0.917. The maximum absolute atomic E-state index is 12.3. The lowest BCUT2D eigenvalue weighted by Crippen LogP contribution is -2.36. The Morgan fingerprint density at radius 3 is 1.39 bits per heavy atom. The van der Waals surface area contributed by atoms with Crippen molar-refractivity contribution in [2.24, 2.45) is 5.92 Å². The van der Waals surface area contributed by atoms with Gasteiger partial charge in [0.1, 0.15) is 0 Å². The van der Waals surface area contributed by atoms with Crippen molar-refractivity contribution in [3.05, 3.63) is 0 Å². The van der Waals surface area contributed by atoms with Crippen LogP contribution in [-0.2, 0) is 19.7 Å². The standard InChI is InChI=1S/C24H45NO5S/c1-3-5-6-7-8-9-10-11-12-13-14-15-16-17-18-19-20-25-23(26)21(4-2)22(24(25)27)31(28,29)30/h21-22H,3-20H2,1-2H3,(H,28,29,30). The lowest BCUT2D eigenvalue weighted by atomic mass is 10.0. The molecular weight excluding hydrogens is 414 g/mol. The van der Waals surface area contributed by atoms with E-state index in [0.29, 0.717) is 6.42 Å². The number of likely N-dealkylation sites (tertiary alicyclic amines) is 1. The normalized spacial score (nSPS) is 19.5. The van der Waals surface area contributed by atoms with E-state index in [4.69, 9.17) is 0 Å². The second-order valence-electron chi connectivity index (χ2n) is 9.08. The third kappa shape index (κ3) is 10.5. The largest absolute Gasteiger partial charge is 0.285 e. The number of hydrogen-bond donors (Lipinski definition) is 1. The van der Waals surface area contributed by atoms with Gasteiger partial charge >= 0.3 is 0 Å². The molecule has 182 valence electrons. The number of carbonyl (C=O) groups excluding carboxylic acids is 2. The Balaban J connectivity index is 2.02. The van der Waals surface area contributed by atoms with Gasteiger partial charge in [0.25, 0.3) is 16.0 Å². The molecule has 1 aliphatic rings. The van der Waals surface area contributed by atoms with Crippen LogP contribution in [-0.4, -0.2) is 41.5 Å². The molecule has 0 aliphatic carbocycles. The second-order valence-corrected chi connectivity index (χ2v) is 10.6. The van der Waals surface area contributed by atoms with Gasteiger partial charge in [-0.15, -0.1) is 0 Å². The number of nitrogens with zero attached hydrogens (tertiary/aromatic N) is 1. The fourth-order valence-electron chi connectivity index (χ4n) is 4.53. The fourth-order valence-corrected chi connectivity index (χ4v) is 5.63. The molecule has 1 fully saturated rings. The molecule has 1 N–H and O–H groups in total. The zero-order chi connectivity index (χ0) is 23.1. The Morgan fingerprint density at radius 2 is 1.06 bits per heavy atom. The van der Waals surface area contributed by atoms with Crippen molar-refractivity contribution in [3.8, 4) is 0 Å². The molecule has 0 saturated carbocycles. The van der Waals surface area contributed by atoms with Gasteiger partial charge in [-0.25, -0.2) is 0 Å². The van der Waals surface area contributed by atoms with Crippen LogP contribution in [0.4, 0.5) is 0 Å². The molecule has 7 heteroatoms. The first kappa shape index (κ1) is 28.1. The van der Waals surface area contributed by atoms with Crippen LogP contribution in [0.2, 0.25) is 0 Å². The van der Waals surface area contributed by atoms with Crippen molar-refractivity contribution in [2.75, 3.05) is 6.54 Å². The Bertz CT molecular complexity index is 619. The molecule has 0 radical (unpaired) electrons. The molecule has 6 nitrogen and oxygen atoms in total. The summed E-state index contributed by atoms with van der Waals surface area (Å²) in [7, 11) is -4.55. The molecule has 1 rings (SSSR count). The average Bonchev–Trinajstić information content (AvgIpc) is 2.97. The molecule has 0 aromatic heterocycles. The summed E-state index contributed by atoms with van der Waals surface area (Å²) < 4.78 is 32.3. The van der Waals surface area contributed by atoms with Crippen LogP contribution < -0.4 is 0 Å². The summed E-state index contributed by atoms with van der Waals surface area (Å²) in [6, 6.07) is 0. The third-order valence-corrected chi connectivity index (χ3v) is 7.63. The molecule has 0 spiro atoms. The SMILES string of the molecule is CCCCCCCCCCCCCCCCCCN1C(=O)C(CC)C(S(=O)(=O)O)C1=O. The molecule has 2 amide bonds. The Labute approximate surface area is 190 Å². The van der Waals surface area contributed by atoms with Crippen LogP contribution in [0.5, 0.6) is 0 Å². The van der Waals surface area contributed by atoms with Crippen molar-refractivity contribution in [1.82, 2.24) is 4.90 Å². The number of rotatable bonds is 19. The van der Waals surface area contributed by atoms with Gasteiger partial charge in [0.2, 0.25) is 5.91 Å². The second kappa shape index (κ2) is 15.8. The number of imide groups is 1. The van der Waals surface area contributed by atoms with Gasteiger partial charge in [-0.05, 0) is 12.8 Å². The van der Waals surface area contributed by atoms with E-state index in [1.54, 1.807) is 6.92 Å². The third-order valence-electron chi connectivity index (χ3n) is 6.45. The van der Waals surface area contributed by atoms with Gasteiger partial charge in [-0.1, -0.05) is 110 Å². The molecule has 1 saturated heterocycles. The highest BCUT2D eigenvalue weighted by Gasteiger charge is 2.52. The molecule has 1 heterocycles. The average molecular weight is 460 g/mol. The number of amides is 2. The van der Waals surface area contributed by atoms with E-state index in [2.05, 4.69) is 6.92 Å². The summed E-state index contributed by atoms with van der Waals surface area (Å²) in [5.74, 6) is -2.18. The predicted molar refractivity (Wildman–Crippen MR) is 125 cm³/mol. The van der Waals surface area contributed by atoms with Crippen LogP contribution in [0.25, 0.3) is 0 Å².